The van der Waals surface area contributed by atoms with Crippen molar-refractivity contribution in [2.45, 2.75) is 84.1 Å². The maximum absolute atomic E-state index is 10.5. The standard InChI is InChI=1S/C14H29N2O/c1-3-4-5-6-7-8-9-10-11-12-13(2)16-14(15)17/h13H,3-12H2,1-2H3,(H2,15,17). The number of urea groups is 1. The van der Waals surface area contributed by atoms with Crippen LogP contribution in [0.2, 0.25) is 0 Å². The van der Waals surface area contributed by atoms with E-state index >= 15 is 0 Å². The third-order valence-corrected chi connectivity index (χ3v) is 3.07. The van der Waals surface area contributed by atoms with E-state index in [1.165, 1.54) is 51.4 Å². The lowest BCUT2D eigenvalue weighted by atomic mass is 10.0. The quantitative estimate of drug-likeness (QED) is 0.546. The van der Waals surface area contributed by atoms with Gasteiger partial charge in [-0.3, -0.25) is 0 Å². The summed E-state index contributed by atoms with van der Waals surface area (Å²) in [6.45, 7) is 4.20. The minimum absolute atomic E-state index is 0.0945. The van der Waals surface area contributed by atoms with E-state index < -0.39 is 6.03 Å². The fraction of sp³-hybridized carbons (Fsp3) is 0.929. The van der Waals surface area contributed by atoms with Gasteiger partial charge in [-0.05, 0) is 13.3 Å². The SMILES string of the molecule is CCCCCCCCCCCC(C)[N]C(N)=O. The molecule has 2 amide bonds. The van der Waals surface area contributed by atoms with Gasteiger partial charge in [0.1, 0.15) is 0 Å². The van der Waals surface area contributed by atoms with E-state index in [-0.39, 0.29) is 6.04 Å². The van der Waals surface area contributed by atoms with Crippen LogP contribution in [0, 0.1) is 0 Å². The summed E-state index contributed by atoms with van der Waals surface area (Å²) in [5.74, 6) is 0. The predicted octanol–water partition coefficient (Wildman–Crippen LogP) is 3.98. The van der Waals surface area contributed by atoms with Crippen molar-refractivity contribution in [1.82, 2.24) is 5.32 Å². The second-order valence-electron chi connectivity index (χ2n) is 4.93. The Bertz CT molecular complexity index is 183. The second-order valence-corrected chi connectivity index (χ2v) is 4.93. The molecule has 0 aliphatic heterocycles. The van der Waals surface area contributed by atoms with Crippen LogP contribution in [0.5, 0.6) is 0 Å². The highest BCUT2D eigenvalue weighted by Crippen LogP contribution is 2.11. The van der Waals surface area contributed by atoms with E-state index in [9.17, 15) is 4.79 Å². The number of rotatable bonds is 11. The summed E-state index contributed by atoms with van der Waals surface area (Å²) in [5, 5.41) is 3.78. The largest absolute Gasteiger partial charge is 0.350 e. The normalized spacial score (nSPS) is 12.4. The van der Waals surface area contributed by atoms with Crippen LogP contribution in [0.4, 0.5) is 4.79 Å². The zero-order valence-electron chi connectivity index (χ0n) is 11.6. The summed E-state index contributed by atoms with van der Waals surface area (Å²) in [6.07, 6.45) is 12.9. The van der Waals surface area contributed by atoms with Crippen molar-refractivity contribution >= 4 is 6.03 Å². The number of primary amides is 1. The average Bonchev–Trinajstić information content (AvgIpc) is 2.26. The van der Waals surface area contributed by atoms with Crippen LogP contribution in [0.1, 0.15) is 78.1 Å². The van der Waals surface area contributed by atoms with Gasteiger partial charge in [-0.15, -0.1) is 0 Å². The van der Waals surface area contributed by atoms with Crippen LogP contribution < -0.4 is 11.1 Å². The highest BCUT2D eigenvalue weighted by molar-refractivity contribution is 5.71. The fourth-order valence-corrected chi connectivity index (χ4v) is 2.03. The molecule has 101 valence electrons. The van der Waals surface area contributed by atoms with E-state index in [2.05, 4.69) is 12.2 Å². The van der Waals surface area contributed by atoms with Gasteiger partial charge in [0, 0.05) is 0 Å². The van der Waals surface area contributed by atoms with Crippen molar-refractivity contribution in [2.24, 2.45) is 5.73 Å². The molecule has 0 spiro atoms. The highest BCUT2D eigenvalue weighted by Gasteiger charge is 2.05. The lowest BCUT2D eigenvalue weighted by Crippen LogP contribution is -2.29. The molecular formula is C14H29N2O. The molecule has 0 aromatic rings. The molecule has 0 heterocycles. The van der Waals surface area contributed by atoms with Gasteiger partial charge in [0.25, 0.3) is 0 Å². The Morgan fingerprint density at radius 2 is 1.47 bits per heavy atom. The number of carbonyl (C=O) groups excluding carboxylic acids is 1. The molecule has 0 rings (SSSR count). The summed E-state index contributed by atoms with van der Waals surface area (Å²) >= 11 is 0. The summed E-state index contributed by atoms with van der Waals surface area (Å²) in [4.78, 5) is 10.5. The smallest absolute Gasteiger partial charge is 0.333 e. The van der Waals surface area contributed by atoms with Crippen LogP contribution in [-0.4, -0.2) is 12.1 Å². The van der Waals surface area contributed by atoms with Crippen LogP contribution in [-0.2, 0) is 0 Å². The lowest BCUT2D eigenvalue weighted by Gasteiger charge is -2.08. The Morgan fingerprint density at radius 1 is 1.00 bits per heavy atom. The summed E-state index contributed by atoms with van der Waals surface area (Å²) < 4.78 is 0. The Balaban J connectivity index is 3.10. The molecule has 1 unspecified atom stereocenters. The van der Waals surface area contributed by atoms with E-state index in [1.807, 2.05) is 6.92 Å². The van der Waals surface area contributed by atoms with Gasteiger partial charge in [0.15, 0.2) is 0 Å². The summed E-state index contributed by atoms with van der Waals surface area (Å²) in [7, 11) is 0. The highest BCUT2D eigenvalue weighted by atomic mass is 16.2. The van der Waals surface area contributed by atoms with Crippen molar-refractivity contribution in [2.75, 3.05) is 0 Å². The van der Waals surface area contributed by atoms with Gasteiger partial charge in [-0.25, -0.2) is 10.1 Å². The van der Waals surface area contributed by atoms with Crippen molar-refractivity contribution in [3.63, 3.8) is 0 Å². The van der Waals surface area contributed by atoms with E-state index in [1.54, 1.807) is 0 Å². The minimum atomic E-state index is -0.534. The van der Waals surface area contributed by atoms with Crippen molar-refractivity contribution in [3.8, 4) is 0 Å². The maximum atomic E-state index is 10.5. The third-order valence-electron chi connectivity index (χ3n) is 3.07. The lowest BCUT2D eigenvalue weighted by molar-refractivity contribution is 0.244. The molecule has 1 atom stereocenters. The van der Waals surface area contributed by atoms with Gasteiger partial charge < -0.3 is 5.73 Å². The number of nitrogens with two attached hydrogens (primary N) is 1. The topological polar surface area (TPSA) is 57.2 Å². The van der Waals surface area contributed by atoms with Crippen molar-refractivity contribution < 1.29 is 4.79 Å². The molecule has 17 heavy (non-hydrogen) atoms. The van der Waals surface area contributed by atoms with E-state index in [4.69, 9.17) is 5.73 Å². The minimum Gasteiger partial charge on any atom is -0.350 e. The van der Waals surface area contributed by atoms with Gasteiger partial charge >= 0.3 is 6.03 Å². The third kappa shape index (κ3) is 13.2. The van der Waals surface area contributed by atoms with Crippen LogP contribution in [0.25, 0.3) is 0 Å². The van der Waals surface area contributed by atoms with Gasteiger partial charge in [0.05, 0.1) is 6.04 Å². The number of carbonyl (C=O) groups is 1. The Hall–Kier alpha value is -0.730. The molecular weight excluding hydrogens is 212 g/mol. The number of hydrogen-bond donors (Lipinski definition) is 1. The molecule has 0 bridgehead atoms. The molecule has 0 saturated heterocycles. The Morgan fingerprint density at radius 3 is 1.94 bits per heavy atom. The van der Waals surface area contributed by atoms with E-state index in [0.29, 0.717) is 0 Å². The van der Waals surface area contributed by atoms with Crippen molar-refractivity contribution in [3.05, 3.63) is 0 Å². The Labute approximate surface area is 107 Å². The Kier molecular flexibility index (Phi) is 11.2. The first-order valence-corrected chi connectivity index (χ1v) is 7.17. The molecule has 0 aliphatic carbocycles. The first-order chi connectivity index (χ1) is 8.16. The summed E-state index contributed by atoms with van der Waals surface area (Å²) in [5.41, 5.74) is 5.00. The maximum Gasteiger partial charge on any atom is 0.333 e. The van der Waals surface area contributed by atoms with Crippen LogP contribution in [0.3, 0.4) is 0 Å². The number of hydrogen-bond acceptors (Lipinski definition) is 1. The van der Waals surface area contributed by atoms with Gasteiger partial charge in [-0.2, -0.15) is 0 Å². The van der Waals surface area contributed by atoms with E-state index in [0.717, 1.165) is 12.8 Å². The molecule has 3 nitrogen and oxygen atoms in total. The molecule has 0 saturated carbocycles. The molecule has 3 heteroatoms. The monoisotopic (exact) mass is 241 g/mol. The number of amides is 2. The average molecular weight is 241 g/mol. The summed E-state index contributed by atoms with van der Waals surface area (Å²) in [6, 6.07) is -0.439. The zero-order valence-corrected chi connectivity index (χ0v) is 11.6. The van der Waals surface area contributed by atoms with Gasteiger partial charge in [0.2, 0.25) is 0 Å². The first kappa shape index (κ1) is 16.3. The number of unbranched alkanes of at least 4 members (excludes halogenated alkanes) is 8. The van der Waals surface area contributed by atoms with Crippen LogP contribution >= 0.6 is 0 Å². The molecule has 0 aromatic heterocycles. The predicted molar refractivity (Wildman–Crippen MR) is 73.0 cm³/mol. The molecule has 0 aromatic carbocycles. The fourth-order valence-electron chi connectivity index (χ4n) is 2.03. The molecule has 1 radical (unpaired) electrons. The second kappa shape index (κ2) is 11.7. The first-order valence-electron chi connectivity index (χ1n) is 7.17. The van der Waals surface area contributed by atoms with Gasteiger partial charge in [-0.1, -0.05) is 64.7 Å². The molecule has 2 N–H and O–H groups in total. The van der Waals surface area contributed by atoms with Crippen LogP contribution in [0.15, 0.2) is 0 Å². The molecule has 0 aliphatic rings. The zero-order chi connectivity index (χ0) is 12.9. The number of nitrogens with zero attached hydrogens (tertiary/aromatic N) is 1. The molecule has 0 fully saturated rings. The van der Waals surface area contributed by atoms with Crippen molar-refractivity contribution in [1.29, 1.82) is 0 Å².